The number of imide groups is 1. The van der Waals surface area contributed by atoms with E-state index in [1.54, 1.807) is 53.4 Å². The first kappa shape index (κ1) is 33.7. The molecule has 0 radical (unpaired) electrons. The van der Waals surface area contributed by atoms with Gasteiger partial charge in [0.1, 0.15) is 28.8 Å². The summed E-state index contributed by atoms with van der Waals surface area (Å²) in [5.41, 5.74) is 2.73. The number of ether oxygens (including phenoxy) is 2. The molecule has 3 aromatic carbocycles. The number of carbonyl (C=O) groups excluding carboxylic acids is 2. The molecule has 3 heterocycles. The second-order valence-corrected chi connectivity index (χ2v) is 14.4. The minimum atomic E-state index is -3.47. The number of methoxy groups -OCH3 is 1. The number of para-hydroxylation sites is 1. The van der Waals surface area contributed by atoms with E-state index < -0.39 is 27.7 Å². The number of rotatable bonds is 10. The molecule has 0 bridgehead atoms. The van der Waals surface area contributed by atoms with Crippen molar-refractivity contribution in [2.24, 2.45) is 0 Å². The highest BCUT2D eigenvalue weighted by molar-refractivity contribution is 7.91. The molecule has 250 valence electrons. The lowest BCUT2D eigenvalue weighted by molar-refractivity contribution is -0.142. The highest BCUT2D eigenvalue weighted by Gasteiger charge is 2.45. The quantitative estimate of drug-likeness (QED) is 0.107. The van der Waals surface area contributed by atoms with Crippen LogP contribution >= 0.6 is 11.6 Å². The summed E-state index contributed by atoms with van der Waals surface area (Å²) in [6.07, 6.45) is 5.30. The summed E-state index contributed by atoms with van der Waals surface area (Å²) in [5, 5.41) is 15.6. The Kier molecular flexibility index (Phi) is 9.72. The van der Waals surface area contributed by atoms with Gasteiger partial charge in [0.25, 0.3) is 11.8 Å². The van der Waals surface area contributed by atoms with Gasteiger partial charge in [-0.2, -0.15) is 10.4 Å². The summed E-state index contributed by atoms with van der Waals surface area (Å²) in [7, 11) is -1.95. The van der Waals surface area contributed by atoms with E-state index in [0.29, 0.717) is 45.5 Å². The van der Waals surface area contributed by atoms with Gasteiger partial charge < -0.3 is 9.47 Å². The number of carbonyl (C=O) groups is 2. The third-order valence-electron chi connectivity index (χ3n) is 8.49. The van der Waals surface area contributed by atoms with Gasteiger partial charge in [-0.15, -0.1) is 0 Å². The van der Waals surface area contributed by atoms with Gasteiger partial charge in [0, 0.05) is 22.9 Å². The molecule has 6 rings (SSSR count). The molecular weight excluding hydrogens is 664 g/mol. The van der Waals surface area contributed by atoms with E-state index in [0.717, 1.165) is 23.4 Å². The van der Waals surface area contributed by atoms with E-state index in [9.17, 15) is 23.3 Å². The first-order chi connectivity index (χ1) is 23.6. The first-order valence-electron chi connectivity index (χ1n) is 15.8. The molecule has 10 nitrogen and oxygen atoms in total. The number of hydrogen-bond acceptors (Lipinski definition) is 8. The maximum atomic E-state index is 14.5. The lowest BCUT2D eigenvalue weighted by Gasteiger charge is -2.32. The van der Waals surface area contributed by atoms with Gasteiger partial charge >= 0.3 is 0 Å². The zero-order valence-corrected chi connectivity index (χ0v) is 28.5. The molecule has 4 aromatic rings. The van der Waals surface area contributed by atoms with Crippen molar-refractivity contribution in [3.05, 3.63) is 106 Å². The summed E-state index contributed by atoms with van der Waals surface area (Å²) in [5.74, 6) is -0.969. The summed E-state index contributed by atoms with van der Waals surface area (Å²) < 4.78 is 37.7. The predicted molar refractivity (Wildman–Crippen MR) is 187 cm³/mol. The van der Waals surface area contributed by atoms with Gasteiger partial charge in [0.2, 0.25) is 0 Å². The standard InChI is InChI=1S/C37H33ClN4O6S/c1-3-4-17-48-33-15-12-25(20-32(33)38)35-26(22-41(40-35)27-8-6-5-7-9-27)19-30-34(24-10-13-29(47-2)14-11-24)31(21-39)37(44)42(36(30)43)28-16-18-49(45,46)23-28/h5-15,19-20,22,28H,3-4,16-18,23H2,1-2H3/b30-19-. The minimum absolute atomic E-state index is 0.0464. The summed E-state index contributed by atoms with van der Waals surface area (Å²) in [4.78, 5) is 29.2. The average molecular weight is 697 g/mol. The highest BCUT2D eigenvalue weighted by Crippen LogP contribution is 2.39. The van der Waals surface area contributed by atoms with Crippen molar-refractivity contribution in [3.63, 3.8) is 0 Å². The van der Waals surface area contributed by atoms with Crippen LogP contribution in [0.2, 0.25) is 5.02 Å². The average Bonchev–Trinajstić information content (AvgIpc) is 3.69. The Hall–Kier alpha value is -5.18. The van der Waals surface area contributed by atoms with E-state index in [1.807, 2.05) is 42.5 Å². The fourth-order valence-electron chi connectivity index (χ4n) is 5.97. The van der Waals surface area contributed by atoms with Crippen molar-refractivity contribution >= 4 is 44.9 Å². The molecule has 2 aliphatic rings. The monoisotopic (exact) mass is 696 g/mol. The van der Waals surface area contributed by atoms with E-state index in [2.05, 4.69) is 6.92 Å². The number of sulfone groups is 1. The Morgan fingerprint density at radius 1 is 1.04 bits per heavy atom. The second kappa shape index (κ2) is 14.1. The van der Waals surface area contributed by atoms with E-state index in [4.69, 9.17) is 26.2 Å². The molecule has 2 aliphatic heterocycles. The lowest BCUT2D eigenvalue weighted by Crippen LogP contribution is -2.49. The minimum Gasteiger partial charge on any atom is -0.497 e. The number of nitrogens with zero attached hydrogens (tertiary/aromatic N) is 4. The van der Waals surface area contributed by atoms with Crippen LogP contribution in [-0.2, 0) is 19.4 Å². The molecule has 0 spiro atoms. The Labute approximate surface area is 289 Å². The van der Waals surface area contributed by atoms with Gasteiger partial charge in [-0.1, -0.05) is 55.3 Å². The van der Waals surface area contributed by atoms with Crippen LogP contribution in [0.4, 0.5) is 0 Å². The number of nitriles is 1. The number of benzene rings is 3. The second-order valence-electron chi connectivity index (χ2n) is 11.7. The molecule has 0 N–H and O–H groups in total. The van der Waals surface area contributed by atoms with Crippen molar-refractivity contribution in [2.45, 2.75) is 32.2 Å². The summed E-state index contributed by atoms with van der Waals surface area (Å²) in [6.45, 7) is 2.60. The van der Waals surface area contributed by atoms with E-state index >= 15 is 0 Å². The molecule has 0 saturated carbocycles. The normalized spacial score (nSPS) is 18.2. The smallest absolute Gasteiger partial charge is 0.272 e. The van der Waals surface area contributed by atoms with Gasteiger partial charge in [-0.05, 0) is 66.9 Å². The molecule has 1 fully saturated rings. The molecule has 1 unspecified atom stereocenters. The Morgan fingerprint density at radius 2 is 1.78 bits per heavy atom. The van der Waals surface area contributed by atoms with Crippen molar-refractivity contribution in [1.82, 2.24) is 14.7 Å². The first-order valence-corrected chi connectivity index (χ1v) is 18.0. The van der Waals surface area contributed by atoms with Gasteiger partial charge in [0.15, 0.2) is 9.84 Å². The number of halogens is 1. The van der Waals surface area contributed by atoms with Crippen LogP contribution in [-0.4, -0.2) is 66.2 Å². The fourth-order valence-corrected chi connectivity index (χ4v) is 7.91. The van der Waals surface area contributed by atoms with Crippen LogP contribution in [0.25, 0.3) is 28.6 Å². The van der Waals surface area contributed by atoms with Crippen molar-refractivity contribution in [2.75, 3.05) is 25.2 Å². The summed E-state index contributed by atoms with van der Waals surface area (Å²) in [6, 6.07) is 22.5. The van der Waals surface area contributed by atoms with Crippen LogP contribution in [0.3, 0.4) is 0 Å². The van der Waals surface area contributed by atoms with Crippen molar-refractivity contribution in [3.8, 4) is 34.5 Å². The van der Waals surface area contributed by atoms with Crippen LogP contribution in [0.15, 0.2) is 90.1 Å². The SMILES string of the molecule is CCCCOc1ccc(-c2nn(-c3ccccc3)cc2/C=C2\C(=O)N(C3CCS(=O)(=O)C3)C(=O)C(C#N)=C2c2ccc(OC)cc2)cc1Cl. The van der Waals surface area contributed by atoms with E-state index in [-0.39, 0.29) is 34.6 Å². The Morgan fingerprint density at radius 3 is 2.41 bits per heavy atom. The highest BCUT2D eigenvalue weighted by atomic mass is 35.5. The number of amides is 2. The molecule has 1 saturated heterocycles. The number of unbranched alkanes of at least 4 members (excludes halogenated alkanes) is 1. The van der Waals surface area contributed by atoms with Crippen molar-refractivity contribution < 1.29 is 27.5 Å². The zero-order chi connectivity index (χ0) is 34.7. The molecule has 1 aromatic heterocycles. The molecular formula is C37H33ClN4O6S. The zero-order valence-electron chi connectivity index (χ0n) is 26.9. The van der Waals surface area contributed by atoms with Gasteiger partial charge in [0.05, 0.1) is 47.5 Å². The molecule has 1 atom stereocenters. The van der Waals surface area contributed by atoms with E-state index in [1.165, 1.54) is 7.11 Å². The van der Waals surface area contributed by atoms with Gasteiger partial charge in [-0.3, -0.25) is 14.5 Å². The Bertz CT molecular complexity index is 2130. The third-order valence-corrected chi connectivity index (χ3v) is 10.5. The van der Waals surface area contributed by atoms with Crippen molar-refractivity contribution in [1.29, 1.82) is 5.26 Å². The molecule has 12 heteroatoms. The van der Waals surface area contributed by atoms with Gasteiger partial charge in [-0.25, -0.2) is 13.1 Å². The Balaban J connectivity index is 1.56. The largest absolute Gasteiger partial charge is 0.497 e. The topological polar surface area (TPSA) is 132 Å². The summed E-state index contributed by atoms with van der Waals surface area (Å²) >= 11 is 6.67. The molecule has 49 heavy (non-hydrogen) atoms. The maximum Gasteiger partial charge on any atom is 0.272 e. The van der Waals surface area contributed by atoms with Crippen LogP contribution < -0.4 is 9.47 Å². The fraction of sp³-hybridized carbons (Fsp3) is 0.243. The third kappa shape index (κ3) is 6.88. The van der Waals surface area contributed by atoms with Crippen LogP contribution in [0.5, 0.6) is 11.5 Å². The predicted octanol–water partition coefficient (Wildman–Crippen LogP) is 6.30. The lowest BCUT2D eigenvalue weighted by atomic mass is 9.86. The molecule has 2 amide bonds. The number of aromatic nitrogens is 2. The number of hydrogen-bond donors (Lipinski definition) is 0. The molecule has 0 aliphatic carbocycles. The van der Waals surface area contributed by atoms with Crippen LogP contribution in [0, 0.1) is 11.3 Å². The van der Waals surface area contributed by atoms with Crippen LogP contribution in [0.1, 0.15) is 37.3 Å². The maximum absolute atomic E-state index is 14.5.